The molecule has 5 heteroatoms. The highest BCUT2D eigenvalue weighted by Crippen LogP contribution is 2.31. The van der Waals surface area contributed by atoms with E-state index in [0.29, 0.717) is 31.1 Å². The Morgan fingerprint density at radius 1 is 1.00 bits per heavy atom. The summed E-state index contributed by atoms with van der Waals surface area (Å²) in [6.07, 6.45) is -0.0319. The van der Waals surface area contributed by atoms with Crippen LogP contribution in [0.1, 0.15) is 39.7 Å². The lowest BCUT2D eigenvalue weighted by molar-refractivity contribution is -0.128. The third-order valence-electron chi connectivity index (χ3n) is 4.36. The number of carbonyl (C=O) groups excluding carboxylic acids is 1. The van der Waals surface area contributed by atoms with Crippen molar-refractivity contribution in [3.8, 4) is 17.2 Å². The summed E-state index contributed by atoms with van der Waals surface area (Å²) in [5.41, 5.74) is 1.14. The highest BCUT2D eigenvalue weighted by Gasteiger charge is 2.20. The van der Waals surface area contributed by atoms with Gasteiger partial charge in [0.15, 0.2) is 17.6 Å². The first-order valence-electron chi connectivity index (χ1n) is 9.66. The minimum atomic E-state index is -0.585. The van der Waals surface area contributed by atoms with Crippen molar-refractivity contribution in [3.63, 3.8) is 0 Å². The van der Waals surface area contributed by atoms with Crippen LogP contribution in [-0.2, 0) is 10.2 Å². The summed E-state index contributed by atoms with van der Waals surface area (Å²) in [6, 6.07) is 15.3. The van der Waals surface area contributed by atoms with Gasteiger partial charge in [0.1, 0.15) is 12.4 Å². The zero-order valence-corrected chi connectivity index (χ0v) is 17.5. The summed E-state index contributed by atoms with van der Waals surface area (Å²) in [4.78, 5) is 12.5. The number of rotatable bonds is 9. The van der Waals surface area contributed by atoms with Crippen molar-refractivity contribution in [2.45, 2.75) is 45.6 Å². The summed E-state index contributed by atoms with van der Waals surface area (Å²) in [7, 11) is 1.58. The van der Waals surface area contributed by atoms with Gasteiger partial charge in [0.25, 0.3) is 5.91 Å². The van der Waals surface area contributed by atoms with Gasteiger partial charge in [-0.3, -0.25) is 4.79 Å². The number of benzene rings is 2. The molecule has 1 N–H and O–H groups in total. The van der Waals surface area contributed by atoms with Gasteiger partial charge in [0, 0.05) is 0 Å². The van der Waals surface area contributed by atoms with Crippen LogP contribution in [0, 0.1) is 0 Å². The molecule has 0 aliphatic heterocycles. The number of hydrogen-bond acceptors (Lipinski definition) is 4. The molecule has 0 unspecified atom stereocenters. The fraction of sp³-hybridized carbons (Fsp3) is 0.435. The smallest absolute Gasteiger partial charge is 0.261 e. The standard InChI is InChI=1S/C23H31NO4/c1-6-18(28-21-14-10-9-13-20(21)26-5)22(25)24-15-16-27-19-12-8-7-11-17(19)23(2,3)4/h7-14,18H,6,15-16H2,1-5H3,(H,24,25)/t18-/m0/s1. The van der Waals surface area contributed by atoms with Crippen molar-refractivity contribution in [2.75, 3.05) is 20.3 Å². The van der Waals surface area contributed by atoms with E-state index in [1.165, 1.54) is 0 Å². The van der Waals surface area contributed by atoms with Gasteiger partial charge < -0.3 is 19.5 Å². The highest BCUT2D eigenvalue weighted by atomic mass is 16.5. The van der Waals surface area contributed by atoms with Gasteiger partial charge in [-0.2, -0.15) is 0 Å². The van der Waals surface area contributed by atoms with Crippen LogP contribution in [0.2, 0.25) is 0 Å². The van der Waals surface area contributed by atoms with Crippen LogP contribution in [0.4, 0.5) is 0 Å². The van der Waals surface area contributed by atoms with E-state index in [4.69, 9.17) is 14.2 Å². The van der Waals surface area contributed by atoms with Crippen molar-refractivity contribution >= 4 is 5.91 Å². The maximum absolute atomic E-state index is 12.5. The Morgan fingerprint density at radius 3 is 2.21 bits per heavy atom. The van der Waals surface area contributed by atoms with E-state index >= 15 is 0 Å². The molecule has 5 nitrogen and oxygen atoms in total. The van der Waals surface area contributed by atoms with Crippen LogP contribution in [0.25, 0.3) is 0 Å². The lowest BCUT2D eigenvalue weighted by Gasteiger charge is -2.23. The Hall–Kier alpha value is -2.69. The second kappa shape index (κ2) is 10.0. The molecule has 0 aromatic heterocycles. The second-order valence-corrected chi connectivity index (χ2v) is 7.55. The molecule has 0 fully saturated rings. The number of nitrogens with one attached hydrogen (secondary N) is 1. The molecule has 2 aromatic carbocycles. The quantitative estimate of drug-likeness (QED) is 0.652. The van der Waals surface area contributed by atoms with E-state index in [-0.39, 0.29) is 11.3 Å². The predicted molar refractivity (Wildman–Crippen MR) is 111 cm³/mol. The van der Waals surface area contributed by atoms with E-state index in [1.54, 1.807) is 19.2 Å². The number of amides is 1. The monoisotopic (exact) mass is 385 g/mol. The van der Waals surface area contributed by atoms with Crippen LogP contribution in [0.15, 0.2) is 48.5 Å². The number of methoxy groups -OCH3 is 1. The molecule has 28 heavy (non-hydrogen) atoms. The highest BCUT2D eigenvalue weighted by molar-refractivity contribution is 5.81. The maximum atomic E-state index is 12.5. The summed E-state index contributed by atoms with van der Waals surface area (Å²) >= 11 is 0. The minimum absolute atomic E-state index is 0.00424. The van der Waals surface area contributed by atoms with Gasteiger partial charge in [-0.05, 0) is 35.6 Å². The number of hydrogen-bond donors (Lipinski definition) is 1. The average molecular weight is 386 g/mol. The van der Waals surface area contributed by atoms with Gasteiger partial charge >= 0.3 is 0 Å². The first-order valence-corrected chi connectivity index (χ1v) is 9.66. The summed E-state index contributed by atoms with van der Waals surface area (Å²) in [6.45, 7) is 9.16. The average Bonchev–Trinajstić information content (AvgIpc) is 2.69. The molecule has 1 amide bonds. The predicted octanol–water partition coefficient (Wildman–Crippen LogP) is 4.35. The van der Waals surface area contributed by atoms with Gasteiger partial charge in [0.05, 0.1) is 13.7 Å². The molecule has 0 spiro atoms. The van der Waals surface area contributed by atoms with Gasteiger partial charge in [-0.15, -0.1) is 0 Å². The van der Waals surface area contributed by atoms with Crippen LogP contribution in [-0.4, -0.2) is 32.3 Å². The molecular formula is C23H31NO4. The van der Waals surface area contributed by atoms with E-state index < -0.39 is 6.10 Å². The summed E-state index contributed by atoms with van der Waals surface area (Å²) in [5.74, 6) is 1.85. The van der Waals surface area contributed by atoms with Crippen LogP contribution < -0.4 is 19.5 Å². The lowest BCUT2D eigenvalue weighted by atomic mass is 9.86. The molecule has 0 radical (unpaired) electrons. The fourth-order valence-corrected chi connectivity index (χ4v) is 2.85. The summed E-state index contributed by atoms with van der Waals surface area (Å²) in [5, 5.41) is 2.89. The van der Waals surface area contributed by atoms with Crippen molar-refractivity contribution in [3.05, 3.63) is 54.1 Å². The molecule has 0 heterocycles. The summed E-state index contributed by atoms with van der Waals surface area (Å²) < 4.78 is 17.0. The minimum Gasteiger partial charge on any atom is -0.493 e. The van der Waals surface area contributed by atoms with E-state index in [0.717, 1.165) is 11.3 Å². The molecule has 0 bridgehead atoms. The van der Waals surface area contributed by atoms with Crippen LogP contribution in [0.3, 0.4) is 0 Å². The van der Waals surface area contributed by atoms with E-state index in [2.05, 4.69) is 32.2 Å². The van der Waals surface area contributed by atoms with Gasteiger partial charge in [0.2, 0.25) is 0 Å². The first-order chi connectivity index (χ1) is 13.4. The van der Waals surface area contributed by atoms with Gasteiger partial charge in [-0.1, -0.05) is 58.0 Å². The molecular weight excluding hydrogens is 354 g/mol. The number of carbonyl (C=O) groups is 1. The zero-order chi connectivity index (χ0) is 20.6. The van der Waals surface area contributed by atoms with Crippen molar-refractivity contribution in [2.24, 2.45) is 0 Å². The van der Waals surface area contributed by atoms with Crippen molar-refractivity contribution < 1.29 is 19.0 Å². The van der Waals surface area contributed by atoms with Gasteiger partial charge in [-0.25, -0.2) is 0 Å². The topological polar surface area (TPSA) is 56.8 Å². The molecule has 152 valence electrons. The number of ether oxygens (including phenoxy) is 3. The molecule has 2 rings (SSSR count). The number of para-hydroxylation sites is 3. The molecule has 1 atom stereocenters. The molecule has 2 aromatic rings. The zero-order valence-electron chi connectivity index (χ0n) is 17.5. The first kappa shape index (κ1) is 21.6. The normalized spacial score (nSPS) is 12.2. The lowest BCUT2D eigenvalue weighted by Crippen LogP contribution is -2.39. The second-order valence-electron chi connectivity index (χ2n) is 7.55. The van der Waals surface area contributed by atoms with Crippen molar-refractivity contribution in [1.82, 2.24) is 5.32 Å². The Kier molecular flexibility index (Phi) is 7.73. The fourth-order valence-electron chi connectivity index (χ4n) is 2.85. The van der Waals surface area contributed by atoms with Crippen LogP contribution in [0.5, 0.6) is 17.2 Å². The Labute approximate surface area is 168 Å². The Bertz CT molecular complexity index is 767. The van der Waals surface area contributed by atoms with Crippen LogP contribution >= 0.6 is 0 Å². The molecule has 0 aliphatic rings. The molecule has 0 saturated heterocycles. The largest absolute Gasteiger partial charge is 0.493 e. The third kappa shape index (κ3) is 5.91. The molecule has 0 saturated carbocycles. The van der Waals surface area contributed by atoms with E-state index in [1.807, 2.05) is 37.3 Å². The SMILES string of the molecule is CC[C@H](Oc1ccccc1OC)C(=O)NCCOc1ccccc1C(C)(C)C. The maximum Gasteiger partial charge on any atom is 0.261 e. The molecule has 0 aliphatic carbocycles. The Balaban J connectivity index is 1.88. The Morgan fingerprint density at radius 2 is 1.61 bits per heavy atom. The third-order valence-corrected chi connectivity index (χ3v) is 4.36. The van der Waals surface area contributed by atoms with Crippen molar-refractivity contribution in [1.29, 1.82) is 0 Å². The van der Waals surface area contributed by atoms with E-state index in [9.17, 15) is 4.79 Å².